The fourth-order valence-electron chi connectivity index (χ4n) is 1.39. The topological polar surface area (TPSA) is 49.8 Å². The van der Waals surface area contributed by atoms with Crippen LogP contribution in [0.1, 0.15) is 32.4 Å². The summed E-state index contributed by atoms with van der Waals surface area (Å²) >= 11 is 0. The van der Waals surface area contributed by atoms with Crippen LogP contribution in [-0.2, 0) is 4.74 Å². The Bertz CT molecular complexity index is 537. The number of aliphatic hydroxyl groups is 1. The second-order valence-corrected chi connectivity index (χ2v) is 5.61. The molecular formula is C16H20FNO3. The first-order valence-corrected chi connectivity index (χ1v) is 6.55. The van der Waals surface area contributed by atoms with E-state index in [-0.39, 0.29) is 12.4 Å². The van der Waals surface area contributed by atoms with E-state index in [0.29, 0.717) is 5.56 Å². The van der Waals surface area contributed by atoms with Crippen molar-refractivity contribution in [1.82, 2.24) is 4.90 Å². The lowest BCUT2D eigenvalue weighted by atomic mass is 10.1. The first-order chi connectivity index (χ1) is 9.69. The van der Waals surface area contributed by atoms with Crippen molar-refractivity contribution in [2.24, 2.45) is 0 Å². The third-order valence-electron chi connectivity index (χ3n) is 2.45. The predicted octanol–water partition coefficient (Wildman–Crippen LogP) is 2.73. The molecule has 5 heteroatoms. The van der Waals surface area contributed by atoms with Gasteiger partial charge >= 0.3 is 6.09 Å². The summed E-state index contributed by atoms with van der Waals surface area (Å²) < 4.78 is 17.9. The number of aliphatic hydroxyl groups excluding tert-OH is 1. The van der Waals surface area contributed by atoms with Crippen molar-refractivity contribution in [1.29, 1.82) is 0 Å². The van der Waals surface area contributed by atoms with Crippen LogP contribution in [0.3, 0.4) is 0 Å². The normalized spacial score (nSPS) is 12.1. The van der Waals surface area contributed by atoms with Crippen LogP contribution in [0.25, 0.3) is 0 Å². The largest absolute Gasteiger partial charge is 0.444 e. The summed E-state index contributed by atoms with van der Waals surface area (Å²) in [6.45, 7) is 5.47. The lowest BCUT2D eigenvalue weighted by Crippen LogP contribution is -2.34. The van der Waals surface area contributed by atoms with Gasteiger partial charge in [0.2, 0.25) is 0 Å². The molecule has 0 saturated carbocycles. The van der Waals surface area contributed by atoms with Gasteiger partial charge in [0.25, 0.3) is 0 Å². The van der Waals surface area contributed by atoms with Gasteiger partial charge in [0.15, 0.2) is 0 Å². The summed E-state index contributed by atoms with van der Waals surface area (Å²) in [4.78, 5) is 13.0. The number of hydrogen-bond acceptors (Lipinski definition) is 3. The molecule has 0 saturated heterocycles. The number of amides is 1. The van der Waals surface area contributed by atoms with Crippen LogP contribution < -0.4 is 0 Å². The lowest BCUT2D eigenvalue weighted by molar-refractivity contribution is 0.0320. The minimum absolute atomic E-state index is 0.132. The highest BCUT2D eigenvalue weighted by molar-refractivity contribution is 5.68. The highest BCUT2D eigenvalue weighted by Gasteiger charge is 2.18. The molecule has 0 aliphatic heterocycles. The second-order valence-electron chi connectivity index (χ2n) is 5.61. The fourth-order valence-corrected chi connectivity index (χ4v) is 1.39. The molecule has 114 valence electrons. The summed E-state index contributed by atoms with van der Waals surface area (Å²) in [5, 5.41) is 9.82. The molecule has 0 bridgehead atoms. The fraction of sp³-hybridized carbons (Fsp3) is 0.438. The Morgan fingerprint density at radius 3 is 2.48 bits per heavy atom. The molecule has 1 aromatic carbocycles. The first kappa shape index (κ1) is 17.0. The van der Waals surface area contributed by atoms with E-state index in [1.807, 2.05) is 0 Å². The average molecular weight is 293 g/mol. The van der Waals surface area contributed by atoms with Crippen molar-refractivity contribution < 1.29 is 19.0 Å². The van der Waals surface area contributed by atoms with Gasteiger partial charge in [0.05, 0.1) is 6.54 Å². The molecule has 1 rings (SSSR count). The van der Waals surface area contributed by atoms with E-state index < -0.39 is 17.8 Å². The van der Waals surface area contributed by atoms with Gasteiger partial charge in [-0.25, -0.2) is 9.18 Å². The van der Waals surface area contributed by atoms with Gasteiger partial charge < -0.3 is 14.7 Å². The van der Waals surface area contributed by atoms with Crippen molar-refractivity contribution in [2.45, 2.75) is 32.5 Å². The van der Waals surface area contributed by atoms with Crippen LogP contribution in [0.5, 0.6) is 0 Å². The Morgan fingerprint density at radius 2 is 1.95 bits per heavy atom. The molecule has 0 unspecified atom stereocenters. The number of hydrogen-bond donors (Lipinski definition) is 1. The number of benzene rings is 1. The van der Waals surface area contributed by atoms with Gasteiger partial charge in [0, 0.05) is 7.05 Å². The van der Waals surface area contributed by atoms with Gasteiger partial charge in [-0.15, -0.1) is 0 Å². The molecule has 0 radical (unpaired) electrons. The quantitative estimate of drug-likeness (QED) is 0.853. The van der Waals surface area contributed by atoms with Crippen LogP contribution in [0, 0.1) is 17.7 Å². The molecule has 1 N–H and O–H groups in total. The molecule has 0 aliphatic rings. The molecule has 0 aliphatic carbocycles. The van der Waals surface area contributed by atoms with E-state index in [1.165, 1.54) is 29.2 Å². The smallest absolute Gasteiger partial charge is 0.410 e. The summed E-state index contributed by atoms with van der Waals surface area (Å²) in [5.41, 5.74) is -0.0596. The molecule has 1 amide bonds. The zero-order valence-electron chi connectivity index (χ0n) is 12.7. The monoisotopic (exact) mass is 293 g/mol. The predicted molar refractivity (Wildman–Crippen MR) is 78.0 cm³/mol. The van der Waals surface area contributed by atoms with E-state index in [2.05, 4.69) is 11.8 Å². The third kappa shape index (κ3) is 6.28. The van der Waals surface area contributed by atoms with Gasteiger partial charge in [-0.05, 0) is 38.5 Å². The first-order valence-electron chi connectivity index (χ1n) is 6.55. The van der Waals surface area contributed by atoms with Crippen molar-refractivity contribution in [3.8, 4) is 11.8 Å². The second kappa shape index (κ2) is 7.09. The number of ether oxygens (including phenoxy) is 1. The number of halogens is 1. The van der Waals surface area contributed by atoms with Crippen molar-refractivity contribution >= 4 is 6.09 Å². The van der Waals surface area contributed by atoms with Crippen LogP contribution >= 0.6 is 0 Å². The maximum Gasteiger partial charge on any atom is 0.410 e. The lowest BCUT2D eigenvalue weighted by Gasteiger charge is -2.23. The summed E-state index contributed by atoms with van der Waals surface area (Å²) in [6.07, 6.45) is -1.49. The maximum absolute atomic E-state index is 12.8. The SMILES string of the molecule is CN(CC#C[C@H](O)c1ccc(F)cc1)C(=O)OC(C)(C)C. The minimum atomic E-state index is -1.02. The Kier molecular flexibility index (Phi) is 5.74. The number of nitrogens with zero attached hydrogens (tertiary/aromatic N) is 1. The Labute approximate surface area is 124 Å². The maximum atomic E-state index is 12.8. The van der Waals surface area contributed by atoms with Crippen molar-refractivity contribution in [3.63, 3.8) is 0 Å². The minimum Gasteiger partial charge on any atom is -0.444 e. The molecular weight excluding hydrogens is 273 g/mol. The number of carbonyl (C=O) groups is 1. The number of carbonyl (C=O) groups excluding carboxylic acids is 1. The van der Waals surface area contributed by atoms with E-state index >= 15 is 0 Å². The van der Waals surface area contributed by atoms with Crippen LogP contribution in [0.15, 0.2) is 24.3 Å². The van der Waals surface area contributed by atoms with E-state index in [4.69, 9.17) is 4.74 Å². The molecule has 1 atom stereocenters. The highest BCUT2D eigenvalue weighted by Crippen LogP contribution is 2.12. The van der Waals surface area contributed by atoms with Crippen molar-refractivity contribution in [2.75, 3.05) is 13.6 Å². The zero-order valence-corrected chi connectivity index (χ0v) is 12.7. The van der Waals surface area contributed by atoms with Crippen LogP contribution in [-0.4, -0.2) is 35.3 Å². The van der Waals surface area contributed by atoms with Gasteiger partial charge in [-0.2, -0.15) is 0 Å². The molecule has 0 aromatic heterocycles. The Hall–Kier alpha value is -2.06. The molecule has 0 heterocycles. The van der Waals surface area contributed by atoms with E-state index in [1.54, 1.807) is 27.8 Å². The van der Waals surface area contributed by atoms with E-state index in [9.17, 15) is 14.3 Å². The summed E-state index contributed by atoms with van der Waals surface area (Å²) in [6, 6.07) is 5.44. The van der Waals surface area contributed by atoms with Crippen molar-refractivity contribution in [3.05, 3.63) is 35.6 Å². The van der Waals surface area contributed by atoms with Crippen LogP contribution in [0.4, 0.5) is 9.18 Å². The van der Waals surface area contributed by atoms with Gasteiger partial charge in [-0.3, -0.25) is 0 Å². The molecule has 0 fully saturated rings. The Morgan fingerprint density at radius 1 is 1.38 bits per heavy atom. The molecule has 0 spiro atoms. The van der Waals surface area contributed by atoms with Gasteiger partial charge in [0.1, 0.15) is 17.5 Å². The standard InChI is InChI=1S/C16H20FNO3/c1-16(2,3)21-15(20)18(4)11-5-6-14(19)12-7-9-13(17)10-8-12/h7-10,14,19H,11H2,1-4H3/t14-/m0/s1. The van der Waals surface area contributed by atoms with E-state index in [0.717, 1.165) is 0 Å². The number of rotatable bonds is 2. The van der Waals surface area contributed by atoms with Crippen LogP contribution in [0.2, 0.25) is 0 Å². The molecule has 21 heavy (non-hydrogen) atoms. The summed E-state index contributed by atoms with van der Waals surface area (Å²) in [7, 11) is 1.56. The zero-order chi connectivity index (χ0) is 16.0. The molecule has 4 nitrogen and oxygen atoms in total. The Balaban J connectivity index is 2.55. The van der Waals surface area contributed by atoms with Gasteiger partial charge in [-0.1, -0.05) is 24.0 Å². The molecule has 1 aromatic rings. The average Bonchev–Trinajstić information content (AvgIpc) is 2.37. The third-order valence-corrected chi connectivity index (χ3v) is 2.45. The highest BCUT2D eigenvalue weighted by atomic mass is 19.1. The summed E-state index contributed by atoms with van der Waals surface area (Å²) in [5.74, 6) is 4.92.